The molecule has 0 saturated heterocycles. The minimum Gasteiger partial charge on any atom is -0.538 e. The quantitative estimate of drug-likeness (QED) is 0.603. The molecule has 0 aliphatic heterocycles. The molecule has 0 aliphatic carbocycles. The van der Waals surface area contributed by atoms with Crippen molar-refractivity contribution < 1.29 is 29.0 Å². The Balaban J connectivity index is 2.01. The van der Waals surface area contributed by atoms with Crippen molar-refractivity contribution >= 4 is 29.3 Å². The topological polar surface area (TPSA) is 119 Å². The van der Waals surface area contributed by atoms with Crippen LogP contribution in [0.15, 0.2) is 33.8 Å². The molecular weight excluding hydrogens is 310 g/mol. The van der Waals surface area contributed by atoms with Crippen LogP contribution < -0.4 is 15.1 Å². The predicted octanol–water partition coefficient (Wildman–Crippen LogP) is 0.390. The van der Waals surface area contributed by atoms with E-state index in [1.807, 2.05) is 0 Å². The van der Waals surface area contributed by atoms with E-state index >= 15 is 0 Å². The van der Waals surface area contributed by atoms with E-state index < -0.39 is 17.2 Å². The maximum Gasteiger partial charge on any atom is 0.335 e. The van der Waals surface area contributed by atoms with Crippen molar-refractivity contribution in [2.24, 2.45) is 7.05 Å². The van der Waals surface area contributed by atoms with Gasteiger partial charge in [0.2, 0.25) is 5.91 Å². The minimum atomic E-state index is -1.04. The number of aromatic carboxylic acids is 1. The lowest BCUT2D eigenvalue weighted by Gasteiger charge is -2.10. The summed E-state index contributed by atoms with van der Waals surface area (Å²) >= 11 is 1.03. The molecule has 0 spiro atoms. The Bertz CT molecular complexity index is 679. The largest absolute Gasteiger partial charge is 0.538 e. The van der Waals surface area contributed by atoms with Gasteiger partial charge in [0.1, 0.15) is 0 Å². The molecule has 2 N–H and O–H groups in total. The first-order valence-electron chi connectivity index (χ1n) is 6.22. The molecule has 9 heteroatoms. The summed E-state index contributed by atoms with van der Waals surface area (Å²) in [6.07, 6.45) is 0. The average molecular weight is 323 g/mol. The van der Waals surface area contributed by atoms with E-state index in [1.165, 1.54) is 28.9 Å². The highest BCUT2D eigenvalue weighted by molar-refractivity contribution is 8.00. The summed E-state index contributed by atoms with van der Waals surface area (Å²) in [5.41, 5.74) is 0.604. The zero-order chi connectivity index (χ0) is 16.3. The second-order valence-corrected chi connectivity index (χ2v) is 5.75. The van der Waals surface area contributed by atoms with Crippen molar-refractivity contribution in [1.82, 2.24) is 5.27 Å². The first-order chi connectivity index (χ1) is 10.4. The molecule has 0 fully saturated rings. The molecule has 0 radical (unpaired) electrons. The number of thioether (sulfide) groups is 1. The summed E-state index contributed by atoms with van der Waals surface area (Å²) < 4.78 is 5.74. The first-order valence-corrected chi connectivity index (χ1v) is 7.10. The number of hydrogen-bond donors (Lipinski definition) is 2. The number of carbonyl (C=O) groups is 2. The zero-order valence-electron chi connectivity index (χ0n) is 11.8. The van der Waals surface area contributed by atoms with Gasteiger partial charge in [0.25, 0.3) is 5.03 Å². The van der Waals surface area contributed by atoms with Gasteiger partial charge in [-0.05, 0) is 43.0 Å². The normalized spacial score (nSPS) is 11.9. The fraction of sp³-hybridized carbons (Fsp3) is 0.231. The molecule has 1 amide bonds. The molecule has 2 rings (SSSR count). The number of carboxylic acids is 1. The third-order valence-corrected chi connectivity index (χ3v) is 3.99. The highest BCUT2D eigenvalue weighted by Crippen LogP contribution is 2.26. The summed E-state index contributed by atoms with van der Waals surface area (Å²) in [6.45, 7) is 1.64. The van der Waals surface area contributed by atoms with Gasteiger partial charge >= 0.3 is 5.97 Å². The lowest BCUT2D eigenvalue weighted by molar-refractivity contribution is -0.772. The lowest BCUT2D eigenvalue weighted by Crippen LogP contribution is -2.33. The standard InChI is InChI=1S/C13H13N3O5S/c1-7(22-11-13(20)21-15-16(11)2)10(17)14-9-5-3-8(4-6-9)12(18)19/h3-7H,1-2H3,(H2-,14,15,17,18,19,20). The predicted molar refractivity (Wildman–Crippen MR) is 74.5 cm³/mol. The number of nitrogens with one attached hydrogen (secondary N) is 1. The maximum atomic E-state index is 12.1. The summed E-state index contributed by atoms with van der Waals surface area (Å²) in [6, 6.07) is 5.78. The Kier molecular flexibility index (Phi) is 4.66. The van der Waals surface area contributed by atoms with Crippen LogP contribution in [-0.4, -0.2) is 27.5 Å². The summed E-state index contributed by atoms with van der Waals surface area (Å²) in [5.74, 6) is -1.96. The van der Waals surface area contributed by atoms with E-state index in [-0.39, 0.29) is 16.5 Å². The van der Waals surface area contributed by atoms with Crippen LogP contribution in [0.2, 0.25) is 0 Å². The van der Waals surface area contributed by atoms with Gasteiger partial charge in [-0.25, -0.2) is 4.79 Å². The smallest absolute Gasteiger partial charge is 0.335 e. The number of aryl methyl sites for hydroxylation is 1. The van der Waals surface area contributed by atoms with Crippen molar-refractivity contribution in [3.63, 3.8) is 0 Å². The van der Waals surface area contributed by atoms with E-state index in [1.54, 1.807) is 14.0 Å². The summed E-state index contributed by atoms with van der Waals surface area (Å²) in [4.78, 5) is 22.8. The van der Waals surface area contributed by atoms with Crippen LogP contribution in [0.1, 0.15) is 17.3 Å². The van der Waals surface area contributed by atoms with Gasteiger partial charge in [0, 0.05) is 5.69 Å². The molecule has 116 valence electrons. The van der Waals surface area contributed by atoms with Gasteiger partial charge in [-0.15, -0.1) is 0 Å². The van der Waals surface area contributed by atoms with Crippen molar-refractivity contribution in [2.75, 3.05) is 5.32 Å². The molecule has 1 atom stereocenters. The number of carbonyl (C=O) groups excluding carboxylic acids is 1. The average Bonchev–Trinajstić information content (AvgIpc) is 2.79. The number of benzene rings is 1. The van der Waals surface area contributed by atoms with Crippen LogP contribution in [0.4, 0.5) is 5.69 Å². The van der Waals surface area contributed by atoms with E-state index in [9.17, 15) is 14.7 Å². The third-order valence-electron chi connectivity index (χ3n) is 2.77. The van der Waals surface area contributed by atoms with Crippen LogP contribution in [-0.2, 0) is 11.8 Å². The number of amides is 1. The Morgan fingerprint density at radius 2 is 2.05 bits per heavy atom. The SMILES string of the molecule is CC(Sc1c([O-])on[n+]1C)C(=O)Nc1ccc(C(=O)O)cc1. The Morgan fingerprint density at radius 1 is 1.41 bits per heavy atom. The van der Waals surface area contributed by atoms with E-state index in [2.05, 4.69) is 15.1 Å². The second-order valence-electron chi connectivity index (χ2n) is 4.42. The number of anilines is 1. The first kappa shape index (κ1) is 15.8. The Labute approximate surface area is 129 Å². The molecule has 1 heterocycles. The molecule has 22 heavy (non-hydrogen) atoms. The number of rotatable bonds is 5. The van der Waals surface area contributed by atoms with Crippen LogP contribution in [0, 0.1) is 0 Å². The number of carboxylic acid groups (broad SMARTS) is 1. The fourth-order valence-corrected chi connectivity index (χ4v) is 2.41. The highest BCUT2D eigenvalue weighted by atomic mass is 32.2. The van der Waals surface area contributed by atoms with Gasteiger partial charge in [-0.2, -0.15) is 0 Å². The Morgan fingerprint density at radius 3 is 2.55 bits per heavy atom. The highest BCUT2D eigenvalue weighted by Gasteiger charge is 2.23. The number of nitrogens with zero attached hydrogens (tertiary/aromatic N) is 2. The molecule has 0 saturated carbocycles. The monoisotopic (exact) mass is 323 g/mol. The summed E-state index contributed by atoms with van der Waals surface area (Å²) in [7, 11) is 1.54. The summed E-state index contributed by atoms with van der Waals surface area (Å²) in [5, 5.41) is 26.0. The van der Waals surface area contributed by atoms with Crippen molar-refractivity contribution in [2.45, 2.75) is 17.2 Å². The molecule has 2 aromatic rings. The van der Waals surface area contributed by atoms with Gasteiger partial charge < -0.3 is 20.1 Å². The van der Waals surface area contributed by atoms with Crippen LogP contribution in [0.5, 0.6) is 5.95 Å². The van der Waals surface area contributed by atoms with E-state index in [4.69, 9.17) is 5.11 Å². The van der Waals surface area contributed by atoms with Crippen LogP contribution >= 0.6 is 11.8 Å². The number of hydrogen-bond acceptors (Lipinski definition) is 6. The maximum absolute atomic E-state index is 12.1. The number of aromatic nitrogens is 2. The van der Waals surface area contributed by atoms with Crippen molar-refractivity contribution in [3.05, 3.63) is 29.8 Å². The lowest BCUT2D eigenvalue weighted by atomic mass is 10.2. The molecule has 0 aliphatic rings. The molecule has 1 aromatic heterocycles. The van der Waals surface area contributed by atoms with Crippen molar-refractivity contribution in [1.29, 1.82) is 0 Å². The molecule has 1 aromatic carbocycles. The molecule has 0 bridgehead atoms. The zero-order valence-corrected chi connectivity index (χ0v) is 12.6. The second kappa shape index (κ2) is 6.48. The third kappa shape index (κ3) is 3.55. The van der Waals surface area contributed by atoms with E-state index in [0.29, 0.717) is 5.69 Å². The molecule has 8 nitrogen and oxygen atoms in total. The molecular formula is C13H13N3O5S. The van der Waals surface area contributed by atoms with Gasteiger partial charge in [-0.3, -0.25) is 4.79 Å². The minimum absolute atomic E-state index is 0.132. The molecule has 1 unspecified atom stereocenters. The van der Waals surface area contributed by atoms with Gasteiger partial charge in [-0.1, -0.05) is 4.68 Å². The van der Waals surface area contributed by atoms with Gasteiger partial charge in [0.15, 0.2) is 13.0 Å². The van der Waals surface area contributed by atoms with E-state index in [0.717, 1.165) is 11.8 Å². The Hall–Kier alpha value is -2.55. The van der Waals surface area contributed by atoms with Crippen LogP contribution in [0.25, 0.3) is 0 Å². The van der Waals surface area contributed by atoms with Gasteiger partial charge in [0.05, 0.1) is 16.1 Å². The fourth-order valence-electron chi connectivity index (χ4n) is 1.59. The van der Waals surface area contributed by atoms with Crippen molar-refractivity contribution in [3.8, 4) is 5.95 Å². The van der Waals surface area contributed by atoms with Crippen LogP contribution in [0.3, 0.4) is 0 Å².